The molecule has 1 fully saturated rings. The molecule has 0 N–H and O–H groups in total. The molecular weight excluding hydrogens is 322 g/mol. The van der Waals surface area contributed by atoms with Gasteiger partial charge in [0, 0.05) is 31.6 Å². The molecule has 5 nitrogen and oxygen atoms in total. The Morgan fingerprint density at radius 2 is 1.88 bits per heavy atom. The number of carbonyl (C=O) groups is 1. The first-order valence-corrected chi connectivity index (χ1v) is 9.11. The summed E-state index contributed by atoms with van der Waals surface area (Å²) in [5.41, 5.74) is 1.84. The van der Waals surface area contributed by atoms with Gasteiger partial charge in [-0.15, -0.1) is 0 Å². The highest BCUT2D eigenvalue weighted by Gasteiger charge is 2.30. The molecule has 1 aliphatic rings. The normalized spacial score (nSPS) is 15.9. The number of carbonyl (C=O) groups excluding carboxylic acids is 1. The Balaban J connectivity index is 1.79. The predicted molar refractivity (Wildman–Crippen MR) is 99.2 cm³/mol. The summed E-state index contributed by atoms with van der Waals surface area (Å²) in [5, 5.41) is 1.01. The lowest BCUT2D eigenvalue weighted by Gasteiger charge is -2.37. The van der Waals surface area contributed by atoms with Crippen molar-refractivity contribution in [3.63, 3.8) is 0 Å². The number of nitrogens with zero attached hydrogens (tertiary/aromatic N) is 3. The maximum absolute atomic E-state index is 12.4. The summed E-state index contributed by atoms with van der Waals surface area (Å²) < 4.78 is 6.62. The molecule has 1 aromatic heterocycles. The molecule has 0 atom stereocenters. The van der Waals surface area contributed by atoms with Crippen LogP contribution in [-0.4, -0.2) is 49.1 Å². The minimum Gasteiger partial charge on any atom is -0.494 e. The summed E-state index contributed by atoms with van der Waals surface area (Å²) in [6.45, 7) is 11.2. The van der Waals surface area contributed by atoms with Crippen LogP contribution < -0.4 is 9.64 Å². The highest BCUT2D eigenvalue weighted by atomic mass is 32.1. The third-order valence-corrected chi connectivity index (χ3v) is 5.64. The summed E-state index contributed by atoms with van der Waals surface area (Å²) in [6, 6.07) is 4.05. The zero-order chi connectivity index (χ0) is 17.5. The van der Waals surface area contributed by atoms with Crippen molar-refractivity contribution in [2.75, 3.05) is 38.2 Å². The lowest BCUT2D eigenvalue weighted by Crippen LogP contribution is -2.51. The van der Waals surface area contributed by atoms with Crippen LogP contribution in [-0.2, 0) is 4.79 Å². The Hall–Kier alpha value is -1.82. The number of hydrogen-bond donors (Lipinski definition) is 0. The zero-order valence-electron chi connectivity index (χ0n) is 15.0. The van der Waals surface area contributed by atoms with Crippen LogP contribution in [0.4, 0.5) is 5.13 Å². The SMILES string of the molecule is COc1ccc(C)c2sc(N3CCN(C(=O)C(C)(C)C)CC3)nc12. The number of aromatic nitrogens is 1. The highest BCUT2D eigenvalue weighted by molar-refractivity contribution is 7.22. The first-order chi connectivity index (χ1) is 11.3. The minimum absolute atomic E-state index is 0.226. The van der Waals surface area contributed by atoms with Gasteiger partial charge < -0.3 is 14.5 Å². The van der Waals surface area contributed by atoms with Gasteiger partial charge in [0.15, 0.2) is 5.13 Å². The van der Waals surface area contributed by atoms with Gasteiger partial charge in [0.2, 0.25) is 5.91 Å². The second-order valence-corrected chi connectivity index (χ2v) is 8.27. The topological polar surface area (TPSA) is 45.7 Å². The fourth-order valence-corrected chi connectivity index (χ4v) is 4.08. The van der Waals surface area contributed by atoms with Crippen LogP contribution in [0.3, 0.4) is 0 Å². The molecule has 6 heteroatoms. The van der Waals surface area contributed by atoms with E-state index in [1.54, 1.807) is 18.4 Å². The Morgan fingerprint density at radius 1 is 1.21 bits per heavy atom. The second-order valence-electron chi connectivity index (χ2n) is 7.29. The van der Waals surface area contributed by atoms with E-state index in [-0.39, 0.29) is 11.3 Å². The summed E-state index contributed by atoms with van der Waals surface area (Å²) in [7, 11) is 1.68. The molecule has 0 aliphatic carbocycles. The Labute approximate surface area is 147 Å². The molecule has 3 rings (SSSR count). The molecule has 0 radical (unpaired) electrons. The molecule has 0 spiro atoms. The van der Waals surface area contributed by atoms with Crippen LogP contribution in [0.25, 0.3) is 10.2 Å². The van der Waals surface area contributed by atoms with E-state index in [0.29, 0.717) is 0 Å². The van der Waals surface area contributed by atoms with E-state index in [1.807, 2.05) is 31.7 Å². The third-order valence-electron chi connectivity index (χ3n) is 4.39. The maximum Gasteiger partial charge on any atom is 0.228 e. The molecule has 1 amide bonds. The Bertz CT molecular complexity index is 755. The highest BCUT2D eigenvalue weighted by Crippen LogP contribution is 2.36. The van der Waals surface area contributed by atoms with Crippen molar-refractivity contribution >= 4 is 32.6 Å². The Kier molecular flexibility index (Phi) is 4.42. The number of amides is 1. The zero-order valence-corrected chi connectivity index (χ0v) is 15.9. The van der Waals surface area contributed by atoms with Crippen molar-refractivity contribution in [1.29, 1.82) is 0 Å². The van der Waals surface area contributed by atoms with Crippen molar-refractivity contribution in [1.82, 2.24) is 9.88 Å². The number of benzene rings is 1. The average molecular weight is 347 g/mol. The number of thiazole rings is 1. The van der Waals surface area contributed by atoms with Crippen LogP contribution in [0.5, 0.6) is 5.75 Å². The summed E-state index contributed by atoms with van der Waals surface area (Å²) in [5.74, 6) is 1.05. The number of methoxy groups -OCH3 is 1. The van der Waals surface area contributed by atoms with E-state index in [4.69, 9.17) is 9.72 Å². The van der Waals surface area contributed by atoms with Crippen molar-refractivity contribution < 1.29 is 9.53 Å². The molecule has 0 saturated carbocycles. The molecule has 1 saturated heterocycles. The van der Waals surface area contributed by atoms with E-state index in [9.17, 15) is 4.79 Å². The number of hydrogen-bond acceptors (Lipinski definition) is 5. The fraction of sp³-hybridized carbons (Fsp3) is 0.556. The minimum atomic E-state index is -0.317. The molecule has 2 heterocycles. The molecule has 2 aromatic rings. The van der Waals surface area contributed by atoms with E-state index < -0.39 is 0 Å². The van der Waals surface area contributed by atoms with E-state index in [1.165, 1.54) is 10.3 Å². The van der Waals surface area contributed by atoms with Gasteiger partial charge in [-0.05, 0) is 18.6 Å². The standard InChI is InChI=1S/C18H25N3O2S/c1-12-6-7-13(23-5)14-15(12)24-17(19-14)21-10-8-20(9-11-21)16(22)18(2,3)4/h6-7H,8-11H2,1-5H3. The fourth-order valence-electron chi connectivity index (χ4n) is 2.97. The molecule has 0 bridgehead atoms. The molecule has 24 heavy (non-hydrogen) atoms. The van der Waals surface area contributed by atoms with Gasteiger partial charge in [0.25, 0.3) is 0 Å². The monoisotopic (exact) mass is 347 g/mol. The molecule has 1 aliphatic heterocycles. The van der Waals surface area contributed by atoms with Crippen LogP contribution in [0.1, 0.15) is 26.3 Å². The van der Waals surface area contributed by atoms with Gasteiger partial charge in [-0.1, -0.05) is 38.2 Å². The number of rotatable bonds is 2. The van der Waals surface area contributed by atoms with Gasteiger partial charge >= 0.3 is 0 Å². The number of piperazine rings is 1. The molecule has 0 unspecified atom stereocenters. The molecule has 1 aromatic carbocycles. The lowest BCUT2D eigenvalue weighted by molar-refractivity contribution is -0.139. The maximum atomic E-state index is 12.4. The second kappa shape index (κ2) is 6.24. The van der Waals surface area contributed by atoms with Gasteiger partial charge in [0.1, 0.15) is 11.3 Å². The first kappa shape index (κ1) is 17.0. The van der Waals surface area contributed by atoms with Gasteiger partial charge in [-0.3, -0.25) is 4.79 Å². The largest absolute Gasteiger partial charge is 0.494 e. The van der Waals surface area contributed by atoms with E-state index in [2.05, 4.69) is 17.9 Å². The van der Waals surface area contributed by atoms with Crippen molar-refractivity contribution in [2.45, 2.75) is 27.7 Å². The average Bonchev–Trinajstić information content (AvgIpc) is 3.00. The van der Waals surface area contributed by atoms with Gasteiger partial charge in [0.05, 0.1) is 11.8 Å². The number of anilines is 1. The van der Waals surface area contributed by atoms with Crippen molar-refractivity contribution in [3.05, 3.63) is 17.7 Å². The van der Waals surface area contributed by atoms with Crippen LogP contribution >= 0.6 is 11.3 Å². The van der Waals surface area contributed by atoms with Crippen LogP contribution in [0.2, 0.25) is 0 Å². The first-order valence-electron chi connectivity index (χ1n) is 8.29. The number of fused-ring (bicyclic) bond motifs is 1. The Morgan fingerprint density at radius 3 is 2.46 bits per heavy atom. The molecule has 130 valence electrons. The molecular formula is C18H25N3O2S. The quantitative estimate of drug-likeness (QED) is 0.836. The number of aryl methyl sites for hydroxylation is 1. The van der Waals surface area contributed by atoms with Gasteiger partial charge in [-0.25, -0.2) is 4.98 Å². The predicted octanol–water partition coefficient (Wildman–Crippen LogP) is 3.31. The van der Waals surface area contributed by atoms with Crippen molar-refractivity contribution in [2.24, 2.45) is 5.41 Å². The van der Waals surface area contributed by atoms with E-state index in [0.717, 1.165) is 42.6 Å². The van der Waals surface area contributed by atoms with Gasteiger partial charge in [-0.2, -0.15) is 0 Å². The lowest BCUT2D eigenvalue weighted by atomic mass is 9.94. The van der Waals surface area contributed by atoms with E-state index >= 15 is 0 Å². The summed E-state index contributed by atoms with van der Waals surface area (Å²) in [6.07, 6.45) is 0. The summed E-state index contributed by atoms with van der Waals surface area (Å²) in [4.78, 5) is 21.5. The van der Waals surface area contributed by atoms with Crippen LogP contribution in [0, 0.1) is 12.3 Å². The van der Waals surface area contributed by atoms with Crippen molar-refractivity contribution in [3.8, 4) is 5.75 Å². The van der Waals surface area contributed by atoms with Crippen LogP contribution in [0.15, 0.2) is 12.1 Å². The third kappa shape index (κ3) is 3.07. The smallest absolute Gasteiger partial charge is 0.228 e. The number of ether oxygens (including phenoxy) is 1. The summed E-state index contributed by atoms with van der Waals surface area (Å²) >= 11 is 1.71.